The van der Waals surface area contributed by atoms with E-state index in [2.05, 4.69) is 11.6 Å². The number of likely N-dealkylation sites (N-methyl/N-ethyl adjacent to an activating group) is 1. The van der Waals surface area contributed by atoms with Crippen LogP contribution >= 0.6 is 11.8 Å². The van der Waals surface area contributed by atoms with Crippen LogP contribution in [0.1, 0.15) is 6.92 Å². The molecule has 0 saturated heterocycles. The second-order valence-corrected chi connectivity index (χ2v) is 5.58. The molecular formula is C14H23N3O2S. The molecular weight excluding hydrogens is 274 g/mol. The summed E-state index contributed by atoms with van der Waals surface area (Å²) < 4.78 is 5.22. The first-order valence-corrected chi connectivity index (χ1v) is 7.82. The number of carbonyl (C=O) groups is 1. The lowest BCUT2D eigenvalue weighted by Crippen LogP contribution is -2.40. The second kappa shape index (κ2) is 8.01. The van der Waals surface area contributed by atoms with Crippen molar-refractivity contribution in [3.05, 3.63) is 18.2 Å². The molecule has 20 heavy (non-hydrogen) atoms. The first-order valence-electron chi connectivity index (χ1n) is 6.43. The third-order valence-corrected chi connectivity index (χ3v) is 3.76. The topological polar surface area (TPSA) is 67.6 Å². The number of rotatable bonds is 7. The zero-order valence-electron chi connectivity index (χ0n) is 12.5. The SMILES string of the molecule is COc1ccc(N)cc1NC(=O)C(C)N(C)CCSC. The number of nitrogens with one attached hydrogen (secondary N) is 1. The Labute approximate surface area is 124 Å². The Balaban J connectivity index is 2.72. The molecule has 1 amide bonds. The minimum atomic E-state index is -0.215. The molecule has 0 bridgehead atoms. The first-order chi connectivity index (χ1) is 9.49. The molecule has 1 aromatic rings. The van der Waals surface area contributed by atoms with Gasteiger partial charge in [0.1, 0.15) is 5.75 Å². The molecule has 1 atom stereocenters. The van der Waals surface area contributed by atoms with E-state index in [0.717, 1.165) is 12.3 Å². The van der Waals surface area contributed by atoms with E-state index in [1.807, 2.05) is 18.9 Å². The van der Waals surface area contributed by atoms with Crippen LogP contribution in [0.5, 0.6) is 5.75 Å². The Hall–Kier alpha value is -1.40. The van der Waals surface area contributed by atoms with Gasteiger partial charge in [-0.1, -0.05) is 0 Å². The fourth-order valence-corrected chi connectivity index (χ4v) is 2.16. The summed E-state index contributed by atoms with van der Waals surface area (Å²) in [6.45, 7) is 2.75. The van der Waals surface area contributed by atoms with Crippen LogP contribution in [-0.4, -0.2) is 49.6 Å². The fourth-order valence-electron chi connectivity index (χ4n) is 1.69. The molecule has 0 spiro atoms. The Morgan fingerprint density at radius 2 is 2.25 bits per heavy atom. The van der Waals surface area contributed by atoms with Crippen molar-refractivity contribution in [2.75, 3.05) is 43.8 Å². The smallest absolute Gasteiger partial charge is 0.241 e. The van der Waals surface area contributed by atoms with Crippen molar-refractivity contribution in [3.8, 4) is 5.75 Å². The summed E-state index contributed by atoms with van der Waals surface area (Å²) in [5.74, 6) is 1.53. The third-order valence-electron chi connectivity index (χ3n) is 3.17. The number of ether oxygens (including phenoxy) is 1. The van der Waals surface area contributed by atoms with E-state index in [-0.39, 0.29) is 11.9 Å². The molecule has 0 aliphatic rings. The standard InChI is InChI=1S/C14H23N3O2S/c1-10(17(2)7-8-20-4)14(18)16-12-9-11(15)5-6-13(12)19-3/h5-6,9-10H,7-8,15H2,1-4H3,(H,16,18). The van der Waals surface area contributed by atoms with E-state index in [4.69, 9.17) is 10.5 Å². The molecule has 5 nitrogen and oxygen atoms in total. The van der Waals surface area contributed by atoms with Gasteiger partial charge in [-0.05, 0) is 38.4 Å². The predicted octanol–water partition coefficient (Wildman–Crippen LogP) is 1.90. The summed E-state index contributed by atoms with van der Waals surface area (Å²) in [6, 6.07) is 4.97. The summed E-state index contributed by atoms with van der Waals surface area (Å²) in [6.07, 6.45) is 2.05. The van der Waals surface area contributed by atoms with E-state index < -0.39 is 0 Å². The average molecular weight is 297 g/mol. The van der Waals surface area contributed by atoms with Gasteiger partial charge in [0.25, 0.3) is 0 Å². The maximum atomic E-state index is 12.2. The molecule has 1 unspecified atom stereocenters. The maximum Gasteiger partial charge on any atom is 0.241 e. The van der Waals surface area contributed by atoms with Gasteiger partial charge < -0.3 is 15.8 Å². The Morgan fingerprint density at radius 3 is 2.85 bits per heavy atom. The van der Waals surface area contributed by atoms with E-state index in [1.165, 1.54) is 0 Å². The van der Waals surface area contributed by atoms with Crippen molar-refractivity contribution >= 4 is 29.0 Å². The van der Waals surface area contributed by atoms with Gasteiger partial charge in [0, 0.05) is 18.0 Å². The van der Waals surface area contributed by atoms with Crippen LogP contribution in [0.25, 0.3) is 0 Å². The summed E-state index contributed by atoms with van der Waals surface area (Å²) in [5.41, 5.74) is 6.93. The van der Waals surface area contributed by atoms with Gasteiger partial charge in [-0.25, -0.2) is 0 Å². The normalized spacial score (nSPS) is 12.2. The van der Waals surface area contributed by atoms with E-state index in [9.17, 15) is 4.79 Å². The highest BCUT2D eigenvalue weighted by molar-refractivity contribution is 7.98. The highest BCUT2D eigenvalue weighted by Gasteiger charge is 2.19. The first kappa shape index (κ1) is 16.7. The molecule has 0 heterocycles. The van der Waals surface area contributed by atoms with Crippen LogP contribution < -0.4 is 15.8 Å². The van der Waals surface area contributed by atoms with Gasteiger partial charge in [0.2, 0.25) is 5.91 Å². The Morgan fingerprint density at radius 1 is 1.55 bits per heavy atom. The lowest BCUT2D eigenvalue weighted by molar-refractivity contribution is -0.120. The number of amides is 1. The number of methoxy groups -OCH3 is 1. The highest BCUT2D eigenvalue weighted by Crippen LogP contribution is 2.26. The van der Waals surface area contributed by atoms with Crippen LogP contribution in [0.4, 0.5) is 11.4 Å². The number of hydrogen-bond donors (Lipinski definition) is 2. The molecule has 1 aromatic carbocycles. The van der Waals surface area contributed by atoms with Crippen molar-refractivity contribution in [3.63, 3.8) is 0 Å². The molecule has 0 saturated carbocycles. The van der Waals surface area contributed by atoms with Crippen LogP contribution in [0.2, 0.25) is 0 Å². The van der Waals surface area contributed by atoms with Crippen molar-refractivity contribution in [1.82, 2.24) is 4.90 Å². The molecule has 0 aliphatic carbocycles. The molecule has 0 aliphatic heterocycles. The van der Waals surface area contributed by atoms with Crippen LogP contribution in [-0.2, 0) is 4.79 Å². The van der Waals surface area contributed by atoms with Crippen LogP contribution in [0.3, 0.4) is 0 Å². The molecule has 6 heteroatoms. The number of nitrogens with two attached hydrogens (primary N) is 1. The monoisotopic (exact) mass is 297 g/mol. The largest absolute Gasteiger partial charge is 0.495 e. The van der Waals surface area contributed by atoms with Crippen LogP contribution in [0, 0.1) is 0 Å². The quantitative estimate of drug-likeness (QED) is 0.752. The summed E-state index contributed by atoms with van der Waals surface area (Å²) in [5, 5.41) is 2.87. The zero-order valence-corrected chi connectivity index (χ0v) is 13.3. The van der Waals surface area contributed by atoms with Crippen molar-refractivity contribution < 1.29 is 9.53 Å². The van der Waals surface area contributed by atoms with Gasteiger partial charge in [-0.3, -0.25) is 9.69 Å². The number of benzene rings is 1. The Kier molecular flexibility index (Phi) is 6.67. The van der Waals surface area contributed by atoms with Crippen LogP contribution in [0.15, 0.2) is 18.2 Å². The summed E-state index contributed by atoms with van der Waals surface area (Å²) in [4.78, 5) is 14.3. The molecule has 3 N–H and O–H groups in total. The summed E-state index contributed by atoms with van der Waals surface area (Å²) in [7, 11) is 3.51. The van der Waals surface area contributed by atoms with Crippen molar-refractivity contribution in [2.24, 2.45) is 0 Å². The molecule has 1 rings (SSSR count). The van der Waals surface area contributed by atoms with Gasteiger partial charge in [-0.2, -0.15) is 11.8 Å². The van der Waals surface area contributed by atoms with E-state index in [0.29, 0.717) is 17.1 Å². The number of hydrogen-bond acceptors (Lipinski definition) is 5. The van der Waals surface area contributed by atoms with E-state index >= 15 is 0 Å². The number of nitrogen functional groups attached to an aromatic ring is 1. The number of carbonyl (C=O) groups excluding carboxylic acids is 1. The number of thioether (sulfide) groups is 1. The average Bonchev–Trinajstić information content (AvgIpc) is 2.44. The van der Waals surface area contributed by atoms with Gasteiger partial charge in [0.05, 0.1) is 18.8 Å². The van der Waals surface area contributed by atoms with Gasteiger partial charge in [0.15, 0.2) is 0 Å². The van der Waals surface area contributed by atoms with Crippen molar-refractivity contribution in [1.29, 1.82) is 0 Å². The third kappa shape index (κ3) is 4.61. The zero-order chi connectivity index (χ0) is 15.1. The summed E-state index contributed by atoms with van der Waals surface area (Å²) >= 11 is 1.76. The maximum absolute atomic E-state index is 12.2. The molecule has 0 aromatic heterocycles. The molecule has 0 fully saturated rings. The fraction of sp³-hybridized carbons (Fsp3) is 0.500. The minimum absolute atomic E-state index is 0.0718. The highest BCUT2D eigenvalue weighted by atomic mass is 32.2. The predicted molar refractivity (Wildman–Crippen MR) is 86.5 cm³/mol. The molecule has 0 radical (unpaired) electrons. The van der Waals surface area contributed by atoms with E-state index in [1.54, 1.807) is 37.1 Å². The minimum Gasteiger partial charge on any atom is -0.495 e. The molecule has 112 valence electrons. The lowest BCUT2D eigenvalue weighted by atomic mass is 10.2. The second-order valence-electron chi connectivity index (χ2n) is 4.60. The number of nitrogens with zero attached hydrogens (tertiary/aromatic N) is 1. The van der Waals surface area contributed by atoms with Gasteiger partial charge in [-0.15, -0.1) is 0 Å². The van der Waals surface area contributed by atoms with Gasteiger partial charge >= 0.3 is 0 Å². The number of anilines is 2. The Bertz CT molecular complexity index is 454. The lowest BCUT2D eigenvalue weighted by Gasteiger charge is -2.23. The van der Waals surface area contributed by atoms with Crippen molar-refractivity contribution in [2.45, 2.75) is 13.0 Å².